The molecule has 1 amide bonds. The Kier molecular flexibility index (Phi) is 7.25. The molecule has 1 aliphatic carbocycles. The van der Waals surface area contributed by atoms with E-state index in [1.54, 1.807) is 6.92 Å². The average molecular weight is 505 g/mol. The van der Waals surface area contributed by atoms with E-state index in [1.807, 2.05) is 47.0 Å². The molecular formula is C27H36N8O2. The molecule has 10 nitrogen and oxygen atoms in total. The largest absolute Gasteiger partial charge is 0.444 e. The summed E-state index contributed by atoms with van der Waals surface area (Å²) in [7, 11) is 2.02. The number of carbonyl (C=O) groups is 1. The zero-order chi connectivity index (χ0) is 26.9. The Balaban J connectivity index is 1.59. The lowest BCUT2D eigenvalue weighted by Crippen LogP contribution is -2.40. The van der Waals surface area contributed by atoms with Crippen LogP contribution in [-0.2, 0) is 11.8 Å². The first kappa shape index (κ1) is 26.2. The number of hydrogen-bond acceptors (Lipinski definition) is 8. The number of fused-ring (bicyclic) bond motifs is 1. The van der Waals surface area contributed by atoms with E-state index in [4.69, 9.17) is 15.5 Å². The van der Waals surface area contributed by atoms with Crippen molar-refractivity contribution in [3.05, 3.63) is 40.8 Å². The minimum absolute atomic E-state index is 0.0852. The summed E-state index contributed by atoms with van der Waals surface area (Å²) in [5, 5.41) is 16.1. The molecule has 4 rings (SSSR count). The number of amides is 1. The number of aryl methyl sites for hydroxylation is 2. The smallest absolute Gasteiger partial charge is 0.407 e. The molecule has 3 aromatic heterocycles. The number of aromatic nitrogens is 4. The van der Waals surface area contributed by atoms with Crippen LogP contribution >= 0.6 is 0 Å². The Labute approximate surface area is 217 Å². The molecule has 0 bridgehead atoms. The van der Waals surface area contributed by atoms with Crippen LogP contribution in [0.4, 0.5) is 16.6 Å². The quantitative estimate of drug-likeness (QED) is 0.447. The standard InChI is InChI=1S/C27H36N8O2/c1-15-20(14-28)24(34-25(29)31-15)30-16(2)23-19(13-22-21(33-23)11-12-35(22)6)17-7-9-18(10-8-17)32-26(36)37-27(3,4)5/h11-13,16-18H,7-10H2,1-6H3,(H,32,36)(H3,29,30,31,34). The van der Waals surface area contributed by atoms with Gasteiger partial charge >= 0.3 is 6.09 Å². The second-order valence-corrected chi connectivity index (χ2v) is 10.9. The third-order valence-electron chi connectivity index (χ3n) is 6.80. The lowest BCUT2D eigenvalue weighted by atomic mass is 9.80. The van der Waals surface area contributed by atoms with Crippen LogP contribution in [0.2, 0.25) is 0 Å². The van der Waals surface area contributed by atoms with Gasteiger partial charge in [-0.05, 0) is 83.9 Å². The highest BCUT2D eigenvalue weighted by molar-refractivity contribution is 5.77. The van der Waals surface area contributed by atoms with Gasteiger partial charge in [-0.25, -0.2) is 14.8 Å². The number of nitriles is 1. The summed E-state index contributed by atoms with van der Waals surface area (Å²) in [5.41, 5.74) is 10.3. The maximum absolute atomic E-state index is 12.3. The van der Waals surface area contributed by atoms with Crippen LogP contribution in [0, 0.1) is 18.3 Å². The number of nitrogens with one attached hydrogen (secondary N) is 2. The molecule has 1 saturated carbocycles. The highest BCUT2D eigenvalue weighted by Crippen LogP contribution is 2.38. The summed E-state index contributed by atoms with van der Waals surface area (Å²) in [6, 6.07) is 6.28. The Morgan fingerprint density at radius 2 is 1.95 bits per heavy atom. The van der Waals surface area contributed by atoms with E-state index in [9.17, 15) is 10.1 Å². The van der Waals surface area contributed by atoms with E-state index in [0.29, 0.717) is 17.1 Å². The van der Waals surface area contributed by atoms with Gasteiger partial charge in [0.05, 0.1) is 28.5 Å². The fourth-order valence-electron chi connectivity index (χ4n) is 5.02. The van der Waals surface area contributed by atoms with E-state index in [2.05, 4.69) is 37.3 Å². The molecule has 37 heavy (non-hydrogen) atoms. The third-order valence-corrected chi connectivity index (χ3v) is 6.80. The monoisotopic (exact) mass is 504 g/mol. The normalized spacial score (nSPS) is 18.7. The van der Waals surface area contributed by atoms with E-state index in [0.717, 1.165) is 42.4 Å². The number of nitrogens with zero attached hydrogens (tertiary/aromatic N) is 5. The fourth-order valence-corrected chi connectivity index (χ4v) is 5.02. The minimum atomic E-state index is -0.520. The molecule has 1 aliphatic rings. The number of pyridine rings is 1. The van der Waals surface area contributed by atoms with Crippen molar-refractivity contribution in [2.24, 2.45) is 7.05 Å². The minimum Gasteiger partial charge on any atom is -0.444 e. The topological polar surface area (TPSA) is 144 Å². The van der Waals surface area contributed by atoms with Crippen molar-refractivity contribution in [3.8, 4) is 6.07 Å². The molecule has 3 aromatic rings. The summed E-state index contributed by atoms with van der Waals surface area (Å²) < 4.78 is 7.51. The molecule has 3 heterocycles. The highest BCUT2D eigenvalue weighted by Gasteiger charge is 2.29. The van der Waals surface area contributed by atoms with Gasteiger partial charge in [-0.15, -0.1) is 0 Å². The van der Waals surface area contributed by atoms with Crippen LogP contribution in [0.1, 0.15) is 87.9 Å². The number of nitrogen functional groups attached to an aromatic ring is 1. The van der Waals surface area contributed by atoms with Gasteiger partial charge in [-0.2, -0.15) is 10.2 Å². The van der Waals surface area contributed by atoms with Crippen molar-refractivity contribution in [1.29, 1.82) is 5.26 Å². The van der Waals surface area contributed by atoms with Crippen molar-refractivity contribution < 1.29 is 9.53 Å². The van der Waals surface area contributed by atoms with Crippen LogP contribution in [0.15, 0.2) is 18.3 Å². The van der Waals surface area contributed by atoms with Crippen LogP contribution < -0.4 is 16.4 Å². The van der Waals surface area contributed by atoms with Crippen molar-refractivity contribution in [2.45, 2.75) is 83.9 Å². The Hall–Kier alpha value is -3.87. The van der Waals surface area contributed by atoms with E-state index in [-0.39, 0.29) is 30.0 Å². The number of nitrogens with two attached hydrogens (primary N) is 1. The molecule has 1 unspecified atom stereocenters. The maximum atomic E-state index is 12.3. The number of anilines is 2. The van der Waals surface area contributed by atoms with Crippen LogP contribution in [0.5, 0.6) is 0 Å². The molecule has 0 saturated heterocycles. The molecular weight excluding hydrogens is 468 g/mol. The second-order valence-electron chi connectivity index (χ2n) is 10.9. The Morgan fingerprint density at radius 3 is 2.59 bits per heavy atom. The predicted octanol–water partition coefficient (Wildman–Crippen LogP) is 4.85. The van der Waals surface area contributed by atoms with Gasteiger partial charge in [-0.3, -0.25) is 0 Å². The van der Waals surface area contributed by atoms with E-state index < -0.39 is 5.60 Å². The number of rotatable bonds is 5. The Bertz CT molecular complexity index is 1340. The summed E-state index contributed by atoms with van der Waals surface area (Å²) in [5.74, 6) is 0.815. The zero-order valence-electron chi connectivity index (χ0n) is 22.4. The van der Waals surface area contributed by atoms with Gasteiger partial charge in [0.1, 0.15) is 23.1 Å². The lowest BCUT2D eigenvalue weighted by molar-refractivity contribution is 0.0491. The van der Waals surface area contributed by atoms with Gasteiger partial charge in [0.15, 0.2) is 0 Å². The van der Waals surface area contributed by atoms with Gasteiger partial charge in [0.2, 0.25) is 5.95 Å². The van der Waals surface area contributed by atoms with Gasteiger partial charge in [0.25, 0.3) is 0 Å². The molecule has 10 heteroatoms. The fraction of sp³-hybridized carbons (Fsp3) is 0.519. The third kappa shape index (κ3) is 5.93. The second kappa shape index (κ2) is 10.2. The molecule has 4 N–H and O–H groups in total. The van der Waals surface area contributed by atoms with E-state index in [1.165, 1.54) is 5.56 Å². The number of alkyl carbamates (subject to hydrolysis) is 1. The molecule has 1 atom stereocenters. The van der Waals surface area contributed by atoms with Crippen molar-refractivity contribution >= 4 is 28.9 Å². The predicted molar refractivity (Wildman–Crippen MR) is 143 cm³/mol. The number of carbonyl (C=O) groups excluding carboxylic acids is 1. The van der Waals surface area contributed by atoms with Gasteiger partial charge < -0.3 is 25.7 Å². The van der Waals surface area contributed by atoms with E-state index >= 15 is 0 Å². The van der Waals surface area contributed by atoms with Crippen LogP contribution in [0.3, 0.4) is 0 Å². The molecule has 0 spiro atoms. The Morgan fingerprint density at radius 1 is 1.24 bits per heavy atom. The highest BCUT2D eigenvalue weighted by atomic mass is 16.6. The summed E-state index contributed by atoms with van der Waals surface area (Å²) in [4.78, 5) is 25.7. The van der Waals surface area contributed by atoms with Gasteiger partial charge in [-0.1, -0.05) is 0 Å². The first-order valence-corrected chi connectivity index (χ1v) is 12.7. The zero-order valence-corrected chi connectivity index (χ0v) is 22.4. The summed E-state index contributed by atoms with van der Waals surface area (Å²) >= 11 is 0. The summed E-state index contributed by atoms with van der Waals surface area (Å²) in [6.07, 6.45) is 5.19. The number of hydrogen-bond donors (Lipinski definition) is 3. The lowest BCUT2D eigenvalue weighted by Gasteiger charge is -2.32. The molecule has 196 valence electrons. The molecule has 0 aromatic carbocycles. The first-order valence-electron chi connectivity index (χ1n) is 12.7. The molecule has 0 radical (unpaired) electrons. The van der Waals surface area contributed by atoms with Crippen molar-refractivity contribution in [3.63, 3.8) is 0 Å². The average Bonchev–Trinajstić information content (AvgIpc) is 3.17. The van der Waals surface area contributed by atoms with Crippen LogP contribution in [-0.4, -0.2) is 37.3 Å². The van der Waals surface area contributed by atoms with Crippen molar-refractivity contribution in [2.75, 3.05) is 11.1 Å². The first-order chi connectivity index (χ1) is 17.4. The van der Waals surface area contributed by atoms with Crippen molar-refractivity contribution in [1.82, 2.24) is 24.8 Å². The maximum Gasteiger partial charge on any atom is 0.407 e. The molecule has 1 fully saturated rings. The SMILES string of the molecule is Cc1nc(N)nc(NC(C)c2nc3ccn(C)c3cc2C2CCC(NC(=O)OC(C)(C)C)CC2)c1C#N. The van der Waals surface area contributed by atoms with Crippen LogP contribution in [0.25, 0.3) is 11.0 Å². The molecule has 0 aliphatic heterocycles. The summed E-state index contributed by atoms with van der Waals surface area (Å²) in [6.45, 7) is 9.36. The number of ether oxygens (including phenoxy) is 1. The van der Waals surface area contributed by atoms with Gasteiger partial charge in [0, 0.05) is 19.3 Å².